The summed E-state index contributed by atoms with van der Waals surface area (Å²) in [4.78, 5) is 0. The Morgan fingerprint density at radius 1 is 0.846 bits per heavy atom. The fourth-order valence-corrected chi connectivity index (χ4v) is 0.484. The molecule has 0 amide bonds. The van der Waals surface area contributed by atoms with Gasteiger partial charge in [0.2, 0.25) is 0 Å². The highest BCUT2D eigenvalue weighted by molar-refractivity contribution is 4.94. The lowest BCUT2D eigenvalue weighted by Gasteiger charge is -2.23. The average molecular weight is 206 g/mol. The van der Waals surface area contributed by atoms with E-state index >= 15 is 0 Å². The summed E-state index contributed by atoms with van der Waals surface area (Å²) in [6, 6.07) is 0. The third kappa shape index (κ3) is 1.25. The zero-order valence-corrected chi connectivity index (χ0v) is 5.56. The van der Waals surface area contributed by atoms with E-state index in [-0.39, 0.29) is 0 Å². The van der Waals surface area contributed by atoms with Gasteiger partial charge in [-0.15, -0.1) is 0 Å². The van der Waals surface area contributed by atoms with Crippen LogP contribution < -0.4 is 0 Å². The summed E-state index contributed by atoms with van der Waals surface area (Å²) in [5.74, 6) is -10.2. The van der Waals surface area contributed by atoms with Gasteiger partial charge in [0, 0.05) is 0 Å². The summed E-state index contributed by atoms with van der Waals surface area (Å²) in [6.45, 7) is 0. The minimum Gasteiger partial charge on any atom is -0.188 e. The van der Waals surface area contributed by atoms with E-state index in [0.717, 1.165) is 0 Å². The molecule has 0 radical (unpaired) electrons. The Kier molecular flexibility index (Phi) is 1.81. The predicted octanol–water partition coefficient (Wildman–Crippen LogP) is 2.64. The Hall–Kier alpha value is -1.22. The van der Waals surface area contributed by atoms with Crippen LogP contribution in [0.2, 0.25) is 0 Å². The van der Waals surface area contributed by atoms with E-state index < -0.39 is 18.0 Å². The van der Waals surface area contributed by atoms with E-state index in [0.29, 0.717) is 0 Å². The van der Waals surface area contributed by atoms with Gasteiger partial charge in [0.1, 0.15) is 0 Å². The van der Waals surface area contributed by atoms with E-state index in [1.54, 1.807) is 0 Å². The third-order valence-corrected chi connectivity index (χ3v) is 1.15. The van der Waals surface area contributed by atoms with Crippen molar-refractivity contribution in [2.75, 3.05) is 0 Å². The maximum absolute atomic E-state index is 12.6. The van der Waals surface area contributed by atoms with Crippen LogP contribution in [0.3, 0.4) is 0 Å². The minimum absolute atomic E-state index is 1.96. The first-order valence-electron chi connectivity index (χ1n) is 2.68. The Bertz CT molecular complexity index is 254. The zero-order valence-electron chi connectivity index (χ0n) is 5.56. The third-order valence-electron chi connectivity index (χ3n) is 1.15. The summed E-state index contributed by atoms with van der Waals surface area (Å²) in [5.41, 5.74) is 0. The van der Waals surface area contributed by atoms with Crippen LogP contribution in [0, 0.1) is 0 Å². The molecule has 10 heteroatoms. The smallest absolute Gasteiger partial charge is 0.188 e. The number of nitrogens with zero attached hydrogens (tertiary/aromatic N) is 4. The monoisotopic (exact) mass is 206 g/mol. The number of rotatable bonds is 1. The van der Waals surface area contributed by atoms with Gasteiger partial charge in [-0.2, -0.15) is 26.3 Å². The molecule has 1 heterocycles. The maximum Gasteiger partial charge on any atom is 0.461 e. The Balaban J connectivity index is 3.06. The fraction of sp³-hybridized carbons (Fsp3) is 1.00. The summed E-state index contributed by atoms with van der Waals surface area (Å²) in [5, 5.41) is 8.41. The molecule has 0 saturated carbocycles. The molecule has 0 atom stereocenters. The van der Waals surface area contributed by atoms with Gasteiger partial charge in [0.25, 0.3) is 0 Å². The second-order valence-electron chi connectivity index (χ2n) is 2.04. The van der Waals surface area contributed by atoms with Gasteiger partial charge in [0.05, 0.1) is 0 Å². The highest BCUT2D eigenvalue weighted by Crippen LogP contribution is 2.48. The first-order valence-corrected chi connectivity index (χ1v) is 2.68. The molecule has 0 bridgehead atoms. The van der Waals surface area contributed by atoms with Crippen molar-refractivity contribution in [1.82, 2.24) is 0 Å². The average Bonchev–Trinajstić information content (AvgIpc) is 2.35. The molecule has 0 aromatic carbocycles. The molecule has 0 saturated heterocycles. The SMILES string of the molecule is FC(F)(F)C(F)(F)C1(F)N=NN=N1. The Morgan fingerprint density at radius 3 is 1.54 bits per heavy atom. The quantitative estimate of drug-likeness (QED) is 0.467. The summed E-state index contributed by atoms with van der Waals surface area (Å²) < 4.78 is 71.6. The lowest BCUT2D eigenvalue weighted by Crippen LogP contribution is -2.51. The van der Waals surface area contributed by atoms with Crippen molar-refractivity contribution >= 4 is 0 Å². The molecular formula is C3F6N4. The van der Waals surface area contributed by atoms with Gasteiger partial charge in [0.15, 0.2) is 0 Å². The highest BCUT2D eigenvalue weighted by Gasteiger charge is 2.74. The van der Waals surface area contributed by atoms with Gasteiger partial charge in [-0.05, 0) is 10.4 Å². The van der Waals surface area contributed by atoms with E-state index in [1.165, 1.54) is 0 Å². The molecule has 13 heavy (non-hydrogen) atoms. The summed E-state index contributed by atoms with van der Waals surface area (Å²) >= 11 is 0. The number of halogens is 6. The van der Waals surface area contributed by atoms with Crippen LogP contribution in [-0.4, -0.2) is 18.0 Å². The normalized spacial score (nSPS) is 21.1. The largest absolute Gasteiger partial charge is 0.461 e. The predicted molar refractivity (Wildman–Crippen MR) is 24.6 cm³/mol. The van der Waals surface area contributed by atoms with Crippen LogP contribution in [-0.2, 0) is 0 Å². The topological polar surface area (TPSA) is 49.4 Å². The van der Waals surface area contributed by atoms with Gasteiger partial charge < -0.3 is 0 Å². The van der Waals surface area contributed by atoms with Gasteiger partial charge in [-0.1, -0.05) is 10.2 Å². The molecular weight excluding hydrogens is 206 g/mol. The van der Waals surface area contributed by atoms with Crippen LogP contribution in [0.15, 0.2) is 20.7 Å². The first-order chi connectivity index (χ1) is 5.71. The summed E-state index contributed by atoms with van der Waals surface area (Å²) in [6.07, 6.45) is -6.09. The molecule has 0 fully saturated rings. The van der Waals surface area contributed by atoms with Crippen LogP contribution in [0.25, 0.3) is 0 Å². The van der Waals surface area contributed by atoms with Crippen LogP contribution in [0.1, 0.15) is 0 Å². The zero-order chi connectivity index (χ0) is 10.3. The van der Waals surface area contributed by atoms with Crippen molar-refractivity contribution in [3.63, 3.8) is 0 Å². The molecule has 4 nitrogen and oxygen atoms in total. The van der Waals surface area contributed by atoms with Crippen LogP contribution in [0.4, 0.5) is 26.3 Å². The Labute approximate surface area is 66.3 Å². The lowest BCUT2D eigenvalue weighted by atomic mass is 10.2. The van der Waals surface area contributed by atoms with E-state index in [4.69, 9.17) is 0 Å². The highest BCUT2D eigenvalue weighted by atomic mass is 19.4. The molecule has 1 aliphatic rings. The Morgan fingerprint density at radius 2 is 1.23 bits per heavy atom. The molecule has 0 aromatic rings. The van der Waals surface area contributed by atoms with Crippen LogP contribution in [0.5, 0.6) is 0 Å². The first kappa shape index (κ1) is 9.86. The fourth-order valence-electron chi connectivity index (χ4n) is 0.484. The van der Waals surface area contributed by atoms with Crippen molar-refractivity contribution in [2.24, 2.45) is 20.7 Å². The molecule has 0 N–H and O–H groups in total. The van der Waals surface area contributed by atoms with Crippen molar-refractivity contribution in [3.8, 4) is 0 Å². The molecule has 1 rings (SSSR count). The second-order valence-corrected chi connectivity index (χ2v) is 2.04. The van der Waals surface area contributed by atoms with Gasteiger partial charge >= 0.3 is 18.0 Å². The molecule has 0 aliphatic carbocycles. The maximum atomic E-state index is 12.6. The van der Waals surface area contributed by atoms with Crippen LogP contribution >= 0.6 is 0 Å². The molecule has 0 spiro atoms. The second kappa shape index (κ2) is 2.39. The molecule has 0 aromatic heterocycles. The minimum atomic E-state index is -6.09. The number of hydrogen-bond donors (Lipinski definition) is 0. The van der Waals surface area contributed by atoms with Gasteiger partial charge in [-0.3, -0.25) is 0 Å². The van der Waals surface area contributed by atoms with Crippen molar-refractivity contribution in [1.29, 1.82) is 0 Å². The number of alkyl halides is 6. The van der Waals surface area contributed by atoms with Gasteiger partial charge in [-0.25, -0.2) is 0 Å². The molecule has 74 valence electrons. The van der Waals surface area contributed by atoms with Crippen molar-refractivity contribution in [2.45, 2.75) is 18.0 Å². The van der Waals surface area contributed by atoms with Crippen molar-refractivity contribution in [3.05, 3.63) is 0 Å². The molecule has 1 aliphatic heterocycles. The standard InChI is InChI=1S/C3F6N4/c4-1(5,2(6,7)8)3(9)10-12-13-11-3. The van der Waals surface area contributed by atoms with E-state index in [1.807, 2.05) is 10.2 Å². The lowest BCUT2D eigenvalue weighted by molar-refractivity contribution is -0.325. The van der Waals surface area contributed by atoms with Crippen molar-refractivity contribution < 1.29 is 26.3 Å². The van der Waals surface area contributed by atoms with E-state index in [2.05, 4.69) is 10.4 Å². The van der Waals surface area contributed by atoms with E-state index in [9.17, 15) is 26.3 Å². The molecule has 0 unspecified atom stereocenters. The summed E-state index contributed by atoms with van der Waals surface area (Å²) in [7, 11) is 0. The number of hydrogen-bond acceptors (Lipinski definition) is 4.